The first-order valence-electron chi connectivity index (χ1n) is 5.89. The van der Waals surface area contributed by atoms with E-state index in [1.54, 1.807) is 7.11 Å². The second-order valence-corrected chi connectivity index (χ2v) is 4.08. The molecule has 0 radical (unpaired) electrons. The number of benzene rings is 1. The molecular weight excluding hydrogens is 216 g/mol. The third kappa shape index (κ3) is 4.34. The van der Waals surface area contributed by atoms with Crippen LogP contribution in [0.15, 0.2) is 24.3 Å². The highest BCUT2D eigenvalue weighted by atomic mass is 16.5. The van der Waals surface area contributed by atoms with Crippen LogP contribution in [0.5, 0.6) is 0 Å². The van der Waals surface area contributed by atoms with Gasteiger partial charge < -0.3 is 20.5 Å². The Morgan fingerprint density at radius 2 is 1.94 bits per heavy atom. The fourth-order valence-electron chi connectivity index (χ4n) is 1.68. The Balaban J connectivity index is 2.72. The van der Waals surface area contributed by atoms with E-state index in [9.17, 15) is 0 Å². The lowest BCUT2D eigenvalue weighted by Crippen LogP contribution is -2.30. The minimum atomic E-state index is 0.0503. The van der Waals surface area contributed by atoms with Gasteiger partial charge in [0.1, 0.15) is 0 Å². The SMILES string of the molecule is COCCN(CCO)c1ccc(C(C)N)cc1. The largest absolute Gasteiger partial charge is 0.395 e. The van der Waals surface area contributed by atoms with Crippen LogP contribution in [0.3, 0.4) is 0 Å². The molecule has 0 aromatic heterocycles. The number of rotatable bonds is 7. The van der Waals surface area contributed by atoms with Crippen LogP contribution >= 0.6 is 0 Å². The molecule has 1 atom stereocenters. The van der Waals surface area contributed by atoms with Crippen LogP contribution in [0.2, 0.25) is 0 Å². The van der Waals surface area contributed by atoms with Crippen molar-refractivity contribution in [3.8, 4) is 0 Å². The Kier molecular flexibility index (Phi) is 5.97. The summed E-state index contributed by atoms with van der Waals surface area (Å²) >= 11 is 0. The number of hydrogen-bond donors (Lipinski definition) is 2. The summed E-state index contributed by atoms with van der Waals surface area (Å²) in [5.74, 6) is 0. The van der Waals surface area contributed by atoms with Gasteiger partial charge in [-0.2, -0.15) is 0 Å². The quantitative estimate of drug-likeness (QED) is 0.748. The monoisotopic (exact) mass is 238 g/mol. The third-order valence-electron chi connectivity index (χ3n) is 2.72. The fourth-order valence-corrected chi connectivity index (χ4v) is 1.68. The highest BCUT2D eigenvalue weighted by Gasteiger charge is 2.06. The molecule has 0 saturated carbocycles. The highest BCUT2D eigenvalue weighted by Crippen LogP contribution is 2.17. The molecule has 96 valence electrons. The van der Waals surface area contributed by atoms with E-state index in [1.807, 2.05) is 31.2 Å². The van der Waals surface area contributed by atoms with Crippen molar-refractivity contribution in [2.24, 2.45) is 5.73 Å². The molecule has 0 aliphatic carbocycles. The van der Waals surface area contributed by atoms with Crippen molar-refractivity contribution >= 4 is 5.69 Å². The molecule has 4 nitrogen and oxygen atoms in total. The van der Waals surface area contributed by atoms with Gasteiger partial charge in [0.15, 0.2) is 0 Å². The van der Waals surface area contributed by atoms with E-state index in [1.165, 1.54) is 0 Å². The van der Waals surface area contributed by atoms with Crippen molar-refractivity contribution in [2.45, 2.75) is 13.0 Å². The van der Waals surface area contributed by atoms with Crippen LogP contribution in [-0.2, 0) is 4.74 Å². The van der Waals surface area contributed by atoms with Crippen LogP contribution < -0.4 is 10.6 Å². The summed E-state index contributed by atoms with van der Waals surface area (Å²) < 4.78 is 5.06. The molecule has 3 N–H and O–H groups in total. The average Bonchev–Trinajstić information content (AvgIpc) is 2.34. The van der Waals surface area contributed by atoms with Gasteiger partial charge in [0.2, 0.25) is 0 Å². The Labute approximate surface area is 103 Å². The number of aliphatic hydroxyl groups excluding tert-OH is 1. The molecule has 17 heavy (non-hydrogen) atoms. The maximum Gasteiger partial charge on any atom is 0.0637 e. The van der Waals surface area contributed by atoms with Crippen LogP contribution in [0.1, 0.15) is 18.5 Å². The first-order chi connectivity index (χ1) is 8.19. The minimum absolute atomic E-state index is 0.0503. The predicted molar refractivity (Wildman–Crippen MR) is 70.2 cm³/mol. The number of nitrogens with zero attached hydrogens (tertiary/aromatic N) is 1. The standard InChI is InChI=1S/C13H22N2O2/c1-11(14)12-3-5-13(6-4-12)15(7-9-16)8-10-17-2/h3-6,11,16H,7-10,14H2,1-2H3. The van der Waals surface area contributed by atoms with Gasteiger partial charge >= 0.3 is 0 Å². The number of anilines is 1. The van der Waals surface area contributed by atoms with Crippen LogP contribution in [-0.4, -0.2) is 38.5 Å². The van der Waals surface area contributed by atoms with Crippen molar-refractivity contribution in [1.29, 1.82) is 0 Å². The summed E-state index contributed by atoms with van der Waals surface area (Å²) in [4.78, 5) is 2.09. The zero-order chi connectivity index (χ0) is 12.7. The predicted octanol–water partition coefficient (Wildman–Crippen LogP) is 1.15. The minimum Gasteiger partial charge on any atom is -0.395 e. The van der Waals surface area contributed by atoms with Gasteiger partial charge in [-0.1, -0.05) is 12.1 Å². The van der Waals surface area contributed by atoms with E-state index >= 15 is 0 Å². The van der Waals surface area contributed by atoms with E-state index in [-0.39, 0.29) is 12.6 Å². The summed E-state index contributed by atoms with van der Waals surface area (Å²) in [6, 6.07) is 8.16. The van der Waals surface area contributed by atoms with Crippen LogP contribution in [0.4, 0.5) is 5.69 Å². The number of methoxy groups -OCH3 is 1. The van der Waals surface area contributed by atoms with Gasteiger partial charge in [-0.05, 0) is 24.6 Å². The van der Waals surface area contributed by atoms with Crippen molar-refractivity contribution in [3.05, 3.63) is 29.8 Å². The van der Waals surface area contributed by atoms with E-state index in [4.69, 9.17) is 15.6 Å². The molecule has 0 saturated heterocycles. The Hall–Kier alpha value is -1.10. The van der Waals surface area contributed by atoms with Gasteiger partial charge in [0.25, 0.3) is 0 Å². The maximum absolute atomic E-state index is 9.04. The van der Waals surface area contributed by atoms with Crippen LogP contribution in [0.25, 0.3) is 0 Å². The van der Waals surface area contributed by atoms with Crippen LogP contribution in [0, 0.1) is 0 Å². The zero-order valence-corrected chi connectivity index (χ0v) is 10.6. The van der Waals surface area contributed by atoms with E-state index in [0.717, 1.165) is 17.8 Å². The lowest BCUT2D eigenvalue weighted by Gasteiger charge is -2.24. The molecular formula is C13H22N2O2. The Bertz CT molecular complexity index is 312. The Morgan fingerprint density at radius 1 is 1.29 bits per heavy atom. The van der Waals surface area contributed by atoms with Gasteiger partial charge in [-0.25, -0.2) is 0 Å². The molecule has 0 fully saturated rings. The highest BCUT2D eigenvalue weighted by molar-refractivity contribution is 5.48. The lowest BCUT2D eigenvalue weighted by atomic mass is 10.1. The molecule has 0 aliphatic rings. The maximum atomic E-state index is 9.04. The summed E-state index contributed by atoms with van der Waals surface area (Å²) in [6.45, 7) is 4.13. The first-order valence-corrected chi connectivity index (χ1v) is 5.89. The number of hydrogen-bond acceptors (Lipinski definition) is 4. The van der Waals surface area contributed by atoms with Crippen molar-refractivity contribution in [1.82, 2.24) is 0 Å². The normalized spacial score (nSPS) is 12.5. The topological polar surface area (TPSA) is 58.7 Å². The smallest absolute Gasteiger partial charge is 0.0637 e. The zero-order valence-electron chi connectivity index (χ0n) is 10.6. The Morgan fingerprint density at radius 3 is 2.41 bits per heavy atom. The molecule has 1 aromatic carbocycles. The summed E-state index contributed by atoms with van der Waals surface area (Å²) in [6.07, 6.45) is 0. The van der Waals surface area contributed by atoms with E-state index in [0.29, 0.717) is 13.2 Å². The molecule has 0 heterocycles. The molecule has 1 unspecified atom stereocenters. The number of ether oxygens (including phenoxy) is 1. The van der Waals surface area contributed by atoms with Crippen molar-refractivity contribution in [2.75, 3.05) is 38.3 Å². The van der Waals surface area contributed by atoms with Gasteiger partial charge in [0, 0.05) is 31.9 Å². The number of nitrogens with two attached hydrogens (primary N) is 1. The van der Waals surface area contributed by atoms with Gasteiger partial charge in [-0.3, -0.25) is 0 Å². The molecule has 4 heteroatoms. The molecule has 0 aliphatic heterocycles. The third-order valence-corrected chi connectivity index (χ3v) is 2.72. The average molecular weight is 238 g/mol. The van der Waals surface area contributed by atoms with Crippen molar-refractivity contribution < 1.29 is 9.84 Å². The first kappa shape index (κ1) is 14.0. The summed E-state index contributed by atoms with van der Waals surface area (Å²) in [5.41, 5.74) is 8.00. The number of aliphatic hydroxyl groups is 1. The van der Waals surface area contributed by atoms with Gasteiger partial charge in [0.05, 0.1) is 13.2 Å². The summed E-state index contributed by atoms with van der Waals surface area (Å²) in [5, 5.41) is 9.04. The molecule has 0 bridgehead atoms. The van der Waals surface area contributed by atoms with Crippen molar-refractivity contribution in [3.63, 3.8) is 0 Å². The summed E-state index contributed by atoms with van der Waals surface area (Å²) in [7, 11) is 1.68. The molecule has 1 rings (SSSR count). The molecule has 1 aromatic rings. The molecule has 0 amide bonds. The second kappa shape index (κ2) is 7.27. The van der Waals surface area contributed by atoms with E-state index in [2.05, 4.69) is 4.90 Å². The van der Waals surface area contributed by atoms with Gasteiger partial charge in [-0.15, -0.1) is 0 Å². The fraction of sp³-hybridized carbons (Fsp3) is 0.538. The van der Waals surface area contributed by atoms with E-state index < -0.39 is 0 Å². The molecule has 0 spiro atoms. The lowest BCUT2D eigenvalue weighted by molar-refractivity contribution is 0.203. The second-order valence-electron chi connectivity index (χ2n) is 4.08.